The predicted molar refractivity (Wildman–Crippen MR) is 68.5 cm³/mol. The number of rotatable bonds is 3. The van der Waals surface area contributed by atoms with Crippen molar-refractivity contribution < 1.29 is 4.79 Å². The molecule has 1 heterocycles. The maximum atomic E-state index is 11.5. The van der Waals surface area contributed by atoms with E-state index in [-0.39, 0.29) is 5.91 Å². The highest BCUT2D eigenvalue weighted by Gasteiger charge is 2.34. The van der Waals surface area contributed by atoms with Crippen LogP contribution in [-0.4, -0.2) is 43.0 Å². The second-order valence-corrected chi connectivity index (χ2v) is 5.47. The highest BCUT2D eigenvalue weighted by molar-refractivity contribution is 5.78. The van der Waals surface area contributed by atoms with Crippen molar-refractivity contribution in [2.75, 3.05) is 26.2 Å². The Hall–Kier alpha value is -0.610. The van der Waals surface area contributed by atoms with Crippen molar-refractivity contribution in [3.05, 3.63) is 0 Å². The zero-order valence-electron chi connectivity index (χ0n) is 10.8. The van der Waals surface area contributed by atoms with Gasteiger partial charge in [-0.15, -0.1) is 0 Å². The number of amides is 1. The molecule has 1 saturated heterocycles. The summed E-state index contributed by atoms with van der Waals surface area (Å²) in [5, 5.41) is 2.90. The highest BCUT2D eigenvalue weighted by Crippen LogP contribution is 2.33. The second kappa shape index (κ2) is 5.83. The molecule has 3 atom stereocenters. The number of nitrogens with one attached hydrogen (secondary N) is 1. The largest absolute Gasteiger partial charge is 0.354 e. The van der Waals surface area contributed by atoms with Crippen LogP contribution in [0.5, 0.6) is 0 Å². The number of nitrogens with two attached hydrogens (primary N) is 1. The third kappa shape index (κ3) is 2.99. The van der Waals surface area contributed by atoms with E-state index >= 15 is 0 Å². The smallest absolute Gasteiger partial charge is 0.234 e. The van der Waals surface area contributed by atoms with Crippen LogP contribution < -0.4 is 11.1 Å². The Morgan fingerprint density at radius 3 is 2.94 bits per heavy atom. The van der Waals surface area contributed by atoms with Crippen LogP contribution in [0.1, 0.15) is 32.6 Å². The maximum absolute atomic E-state index is 11.5. The van der Waals surface area contributed by atoms with E-state index in [0.717, 1.165) is 25.6 Å². The topological polar surface area (TPSA) is 58.4 Å². The highest BCUT2D eigenvalue weighted by atomic mass is 16.2. The summed E-state index contributed by atoms with van der Waals surface area (Å²) in [7, 11) is 0. The number of nitrogens with zero attached hydrogens (tertiary/aromatic N) is 1. The van der Waals surface area contributed by atoms with Crippen molar-refractivity contribution >= 4 is 5.91 Å². The molecule has 1 aliphatic heterocycles. The fraction of sp³-hybridized carbons (Fsp3) is 0.923. The summed E-state index contributed by atoms with van der Waals surface area (Å²) < 4.78 is 0. The number of hydrogen-bond donors (Lipinski definition) is 2. The monoisotopic (exact) mass is 239 g/mol. The number of piperazine rings is 1. The normalized spacial score (nSPS) is 35.6. The van der Waals surface area contributed by atoms with E-state index in [1.165, 1.54) is 25.7 Å². The van der Waals surface area contributed by atoms with Crippen molar-refractivity contribution in [1.29, 1.82) is 0 Å². The fourth-order valence-electron chi connectivity index (χ4n) is 3.33. The lowest BCUT2D eigenvalue weighted by Gasteiger charge is -2.43. The number of hydrogen-bond acceptors (Lipinski definition) is 3. The van der Waals surface area contributed by atoms with E-state index in [1.54, 1.807) is 0 Å². The van der Waals surface area contributed by atoms with Gasteiger partial charge in [0.25, 0.3) is 0 Å². The van der Waals surface area contributed by atoms with E-state index in [1.807, 2.05) is 0 Å². The summed E-state index contributed by atoms with van der Waals surface area (Å²) in [6.45, 7) is 5.39. The lowest BCUT2D eigenvalue weighted by atomic mass is 9.76. The molecular weight excluding hydrogens is 214 g/mol. The van der Waals surface area contributed by atoms with Gasteiger partial charge in [-0.25, -0.2) is 0 Å². The van der Waals surface area contributed by atoms with Gasteiger partial charge >= 0.3 is 0 Å². The van der Waals surface area contributed by atoms with Crippen molar-refractivity contribution in [3.63, 3.8) is 0 Å². The van der Waals surface area contributed by atoms with Crippen LogP contribution in [0, 0.1) is 11.8 Å². The van der Waals surface area contributed by atoms with Gasteiger partial charge in [0.2, 0.25) is 5.91 Å². The van der Waals surface area contributed by atoms with Crippen LogP contribution in [0.3, 0.4) is 0 Å². The molecule has 0 radical (unpaired) electrons. The third-order valence-electron chi connectivity index (χ3n) is 4.48. The molecule has 1 amide bonds. The van der Waals surface area contributed by atoms with Crippen LogP contribution in [0.4, 0.5) is 0 Å². The zero-order valence-corrected chi connectivity index (χ0v) is 10.8. The maximum Gasteiger partial charge on any atom is 0.234 e. The standard InChI is InChI=1S/C13H25N3O/c1-2-10-3-4-11(8-14)12(7-10)16-6-5-15-13(17)9-16/h10-12H,2-9,14H2,1H3,(H,15,17). The Bertz CT molecular complexity index is 269. The lowest BCUT2D eigenvalue weighted by Crippen LogP contribution is -2.55. The minimum absolute atomic E-state index is 0.172. The molecule has 0 aromatic rings. The van der Waals surface area contributed by atoms with Gasteiger partial charge in [0, 0.05) is 19.1 Å². The molecule has 2 aliphatic rings. The van der Waals surface area contributed by atoms with Crippen molar-refractivity contribution in [1.82, 2.24) is 10.2 Å². The third-order valence-corrected chi connectivity index (χ3v) is 4.48. The Morgan fingerprint density at radius 2 is 2.29 bits per heavy atom. The van der Waals surface area contributed by atoms with Gasteiger partial charge < -0.3 is 11.1 Å². The van der Waals surface area contributed by atoms with Crippen LogP contribution in [0.15, 0.2) is 0 Å². The molecule has 0 spiro atoms. The van der Waals surface area contributed by atoms with E-state index in [2.05, 4.69) is 17.1 Å². The van der Waals surface area contributed by atoms with Gasteiger partial charge in [-0.05, 0) is 31.2 Å². The summed E-state index contributed by atoms with van der Waals surface area (Å²) in [4.78, 5) is 13.8. The van der Waals surface area contributed by atoms with Gasteiger partial charge in [0.15, 0.2) is 0 Å². The molecule has 3 unspecified atom stereocenters. The van der Waals surface area contributed by atoms with E-state index in [9.17, 15) is 4.79 Å². The van der Waals surface area contributed by atoms with Crippen molar-refractivity contribution in [3.8, 4) is 0 Å². The summed E-state index contributed by atoms with van der Waals surface area (Å²) >= 11 is 0. The Kier molecular flexibility index (Phi) is 4.40. The summed E-state index contributed by atoms with van der Waals surface area (Å²) in [5.74, 6) is 1.59. The first kappa shape index (κ1) is 12.8. The van der Waals surface area contributed by atoms with Crippen LogP contribution in [-0.2, 0) is 4.79 Å². The molecule has 0 bridgehead atoms. The van der Waals surface area contributed by atoms with Crippen LogP contribution in [0.25, 0.3) is 0 Å². The van der Waals surface area contributed by atoms with E-state index in [4.69, 9.17) is 5.73 Å². The lowest BCUT2D eigenvalue weighted by molar-refractivity contribution is -0.125. The van der Waals surface area contributed by atoms with Crippen molar-refractivity contribution in [2.45, 2.75) is 38.6 Å². The van der Waals surface area contributed by atoms with Crippen LogP contribution >= 0.6 is 0 Å². The molecule has 0 aromatic carbocycles. The summed E-state index contributed by atoms with van der Waals surface area (Å²) in [6, 6.07) is 0.532. The van der Waals surface area contributed by atoms with Crippen LogP contribution in [0.2, 0.25) is 0 Å². The first-order valence-corrected chi connectivity index (χ1v) is 6.95. The molecule has 17 heavy (non-hydrogen) atoms. The molecular formula is C13H25N3O. The first-order chi connectivity index (χ1) is 8.24. The zero-order chi connectivity index (χ0) is 12.3. The van der Waals surface area contributed by atoms with E-state index < -0.39 is 0 Å². The quantitative estimate of drug-likeness (QED) is 0.757. The average Bonchev–Trinajstić information content (AvgIpc) is 2.38. The average molecular weight is 239 g/mol. The molecule has 2 fully saturated rings. The number of carbonyl (C=O) groups excluding carboxylic acids is 1. The SMILES string of the molecule is CCC1CCC(CN)C(N2CCNC(=O)C2)C1. The molecule has 0 aromatic heterocycles. The fourth-order valence-corrected chi connectivity index (χ4v) is 3.33. The molecule has 4 nitrogen and oxygen atoms in total. The molecule has 2 rings (SSSR count). The molecule has 1 aliphatic carbocycles. The van der Waals surface area contributed by atoms with Gasteiger partial charge in [0.05, 0.1) is 6.54 Å². The van der Waals surface area contributed by atoms with Crippen molar-refractivity contribution in [2.24, 2.45) is 17.6 Å². The van der Waals surface area contributed by atoms with E-state index in [0.29, 0.717) is 18.5 Å². The first-order valence-electron chi connectivity index (χ1n) is 6.95. The Labute approximate surface area is 104 Å². The minimum atomic E-state index is 0.172. The molecule has 98 valence electrons. The second-order valence-electron chi connectivity index (χ2n) is 5.47. The Morgan fingerprint density at radius 1 is 1.47 bits per heavy atom. The molecule has 1 saturated carbocycles. The molecule has 3 N–H and O–H groups in total. The molecule has 4 heteroatoms. The predicted octanol–water partition coefficient (Wildman–Crippen LogP) is 0.572. The van der Waals surface area contributed by atoms with Gasteiger partial charge in [-0.1, -0.05) is 19.8 Å². The Balaban J connectivity index is 2.00. The summed E-state index contributed by atoms with van der Waals surface area (Å²) in [5.41, 5.74) is 5.89. The minimum Gasteiger partial charge on any atom is -0.354 e. The van der Waals surface area contributed by atoms with Gasteiger partial charge in [-0.2, -0.15) is 0 Å². The van der Waals surface area contributed by atoms with Gasteiger partial charge in [-0.3, -0.25) is 9.69 Å². The van der Waals surface area contributed by atoms with Gasteiger partial charge in [0.1, 0.15) is 0 Å². The number of carbonyl (C=O) groups is 1. The summed E-state index contributed by atoms with van der Waals surface area (Å²) in [6.07, 6.45) is 5.03.